The molecule has 6 nitrogen and oxygen atoms in total. The maximum atomic E-state index is 12.6. The number of methoxy groups -OCH3 is 1. The quantitative estimate of drug-likeness (QED) is 0.774. The van der Waals surface area contributed by atoms with Gasteiger partial charge in [-0.3, -0.25) is 19.3 Å². The monoisotopic (exact) mass is 396 g/mol. The zero-order chi connectivity index (χ0) is 20.3. The molecule has 1 N–H and O–H groups in total. The number of nitrogens with one attached hydrogen (secondary N) is 1. The van der Waals surface area contributed by atoms with Crippen LogP contribution >= 0.6 is 11.8 Å². The number of thioether (sulfide) groups is 1. The third kappa shape index (κ3) is 4.26. The van der Waals surface area contributed by atoms with Crippen molar-refractivity contribution in [1.29, 1.82) is 0 Å². The van der Waals surface area contributed by atoms with Crippen molar-refractivity contribution >= 4 is 40.6 Å². The number of aryl methyl sites for hydroxylation is 1. The van der Waals surface area contributed by atoms with Gasteiger partial charge in [-0.05, 0) is 66.6 Å². The van der Waals surface area contributed by atoms with Gasteiger partial charge in [0, 0.05) is 5.69 Å². The Hall–Kier alpha value is -3.06. The number of nitrogens with zero attached hydrogens (tertiary/aromatic N) is 1. The van der Waals surface area contributed by atoms with Crippen LogP contribution in [0.3, 0.4) is 0 Å². The molecule has 1 aliphatic heterocycles. The number of hydrogen-bond acceptors (Lipinski definition) is 5. The molecule has 0 bridgehead atoms. The van der Waals surface area contributed by atoms with Gasteiger partial charge >= 0.3 is 0 Å². The van der Waals surface area contributed by atoms with E-state index in [4.69, 9.17) is 4.74 Å². The van der Waals surface area contributed by atoms with Gasteiger partial charge in [0.15, 0.2) is 0 Å². The molecule has 0 unspecified atom stereocenters. The number of hydrogen-bond donors (Lipinski definition) is 1. The third-order valence-corrected chi connectivity index (χ3v) is 5.35. The molecule has 28 heavy (non-hydrogen) atoms. The summed E-state index contributed by atoms with van der Waals surface area (Å²) in [5, 5.41) is 2.31. The molecule has 2 aromatic carbocycles. The lowest BCUT2D eigenvalue weighted by atomic mass is 10.1. The number of imide groups is 1. The van der Waals surface area contributed by atoms with Crippen molar-refractivity contribution in [3.05, 3.63) is 64.1 Å². The Kier molecular flexibility index (Phi) is 5.84. The summed E-state index contributed by atoms with van der Waals surface area (Å²) in [5.74, 6) is -0.242. The van der Waals surface area contributed by atoms with E-state index in [1.165, 1.54) is 0 Å². The maximum absolute atomic E-state index is 12.6. The standard InChI is InChI=1S/C21H20N2O4S/c1-13-6-4-9-17(14(13)2)22-19(24)12-23-20(25)18(28-21(23)26)11-15-7-5-8-16(10-15)27-3/h4-11H,12H2,1-3H3,(H,22,24)/b18-11+. The van der Waals surface area contributed by atoms with E-state index in [-0.39, 0.29) is 11.4 Å². The van der Waals surface area contributed by atoms with E-state index in [1.54, 1.807) is 37.5 Å². The number of carbonyl (C=O) groups is 3. The fourth-order valence-corrected chi connectivity index (χ4v) is 3.58. The molecule has 7 heteroatoms. The summed E-state index contributed by atoms with van der Waals surface area (Å²) in [5.41, 5.74) is 3.40. The van der Waals surface area contributed by atoms with E-state index >= 15 is 0 Å². The van der Waals surface area contributed by atoms with Crippen molar-refractivity contribution in [3.63, 3.8) is 0 Å². The minimum absolute atomic E-state index is 0.276. The molecule has 144 valence electrons. The zero-order valence-corrected chi connectivity index (χ0v) is 16.6. The highest BCUT2D eigenvalue weighted by atomic mass is 32.2. The average Bonchev–Trinajstić information content (AvgIpc) is 2.93. The van der Waals surface area contributed by atoms with E-state index in [0.29, 0.717) is 11.4 Å². The van der Waals surface area contributed by atoms with E-state index < -0.39 is 17.1 Å². The number of amides is 3. The van der Waals surface area contributed by atoms with Crippen LogP contribution in [0, 0.1) is 13.8 Å². The molecule has 1 fully saturated rings. The predicted molar refractivity (Wildman–Crippen MR) is 110 cm³/mol. The van der Waals surface area contributed by atoms with Crippen molar-refractivity contribution in [2.24, 2.45) is 0 Å². The number of ether oxygens (including phenoxy) is 1. The Labute approximate surface area is 167 Å². The Morgan fingerprint density at radius 3 is 2.68 bits per heavy atom. The molecule has 0 aromatic heterocycles. The molecule has 0 saturated carbocycles. The molecule has 2 aromatic rings. The summed E-state index contributed by atoms with van der Waals surface area (Å²) < 4.78 is 5.16. The van der Waals surface area contributed by atoms with Crippen LogP contribution in [-0.2, 0) is 9.59 Å². The fraction of sp³-hybridized carbons (Fsp3) is 0.190. The number of rotatable bonds is 5. The van der Waals surface area contributed by atoms with Crippen LogP contribution in [-0.4, -0.2) is 35.6 Å². The minimum Gasteiger partial charge on any atom is -0.497 e. The second kappa shape index (κ2) is 8.31. The molecule has 0 aliphatic carbocycles. The van der Waals surface area contributed by atoms with Crippen LogP contribution in [0.15, 0.2) is 47.4 Å². The Morgan fingerprint density at radius 2 is 1.93 bits per heavy atom. The second-order valence-corrected chi connectivity index (χ2v) is 7.33. The number of anilines is 1. The summed E-state index contributed by atoms with van der Waals surface area (Å²) in [6, 6.07) is 12.7. The van der Waals surface area contributed by atoms with E-state index in [1.807, 2.05) is 32.0 Å². The fourth-order valence-electron chi connectivity index (χ4n) is 2.74. The van der Waals surface area contributed by atoms with Gasteiger partial charge < -0.3 is 10.1 Å². The Bertz CT molecular complexity index is 984. The Balaban J connectivity index is 1.72. The molecular formula is C21H20N2O4S. The molecule has 3 rings (SSSR count). The van der Waals surface area contributed by atoms with Gasteiger partial charge in [0.2, 0.25) is 5.91 Å². The minimum atomic E-state index is -0.478. The van der Waals surface area contributed by atoms with Crippen molar-refractivity contribution in [2.45, 2.75) is 13.8 Å². The highest BCUT2D eigenvalue weighted by Gasteiger charge is 2.36. The topological polar surface area (TPSA) is 75.7 Å². The van der Waals surface area contributed by atoms with Crippen molar-refractivity contribution in [3.8, 4) is 5.75 Å². The molecule has 0 radical (unpaired) electrons. The third-order valence-electron chi connectivity index (χ3n) is 4.45. The van der Waals surface area contributed by atoms with Gasteiger partial charge in [-0.15, -0.1) is 0 Å². The second-order valence-electron chi connectivity index (χ2n) is 6.34. The van der Waals surface area contributed by atoms with Gasteiger partial charge in [-0.2, -0.15) is 0 Å². The van der Waals surface area contributed by atoms with E-state index in [2.05, 4.69) is 5.32 Å². The first-order chi connectivity index (χ1) is 13.4. The summed E-state index contributed by atoms with van der Waals surface area (Å²) in [4.78, 5) is 38.4. The molecule has 1 saturated heterocycles. The summed E-state index contributed by atoms with van der Waals surface area (Å²) in [6.07, 6.45) is 1.62. The van der Waals surface area contributed by atoms with Gasteiger partial charge in [-0.25, -0.2) is 0 Å². The molecule has 3 amide bonds. The molecular weight excluding hydrogens is 376 g/mol. The number of carbonyl (C=O) groups excluding carboxylic acids is 3. The van der Waals surface area contributed by atoms with Crippen LogP contribution in [0.4, 0.5) is 10.5 Å². The Morgan fingerprint density at radius 1 is 1.18 bits per heavy atom. The van der Waals surface area contributed by atoms with Gasteiger partial charge in [0.1, 0.15) is 12.3 Å². The smallest absolute Gasteiger partial charge is 0.294 e. The number of benzene rings is 2. The molecule has 0 atom stereocenters. The lowest BCUT2D eigenvalue weighted by Crippen LogP contribution is -2.36. The van der Waals surface area contributed by atoms with Gasteiger partial charge in [0.05, 0.1) is 12.0 Å². The van der Waals surface area contributed by atoms with Crippen molar-refractivity contribution in [2.75, 3.05) is 19.0 Å². The lowest BCUT2D eigenvalue weighted by molar-refractivity contribution is -0.127. The largest absolute Gasteiger partial charge is 0.497 e. The lowest BCUT2D eigenvalue weighted by Gasteiger charge is -2.14. The highest BCUT2D eigenvalue weighted by Crippen LogP contribution is 2.32. The first-order valence-corrected chi connectivity index (χ1v) is 9.46. The average molecular weight is 396 g/mol. The highest BCUT2D eigenvalue weighted by molar-refractivity contribution is 8.18. The van der Waals surface area contributed by atoms with Gasteiger partial charge in [0.25, 0.3) is 11.1 Å². The summed E-state index contributed by atoms with van der Waals surface area (Å²) in [7, 11) is 1.56. The first-order valence-electron chi connectivity index (χ1n) is 8.64. The summed E-state index contributed by atoms with van der Waals surface area (Å²) in [6.45, 7) is 3.53. The van der Waals surface area contributed by atoms with Crippen LogP contribution in [0.5, 0.6) is 5.75 Å². The van der Waals surface area contributed by atoms with Crippen molar-refractivity contribution < 1.29 is 19.1 Å². The first kappa shape index (κ1) is 19.7. The SMILES string of the molecule is COc1cccc(/C=C2/SC(=O)N(CC(=O)Nc3cccc(C)c3C)C2=O)c1. The predicted octanol–water partition coefficient (Wildman–Crippen LogP) is 3.99. The van der Waals surface area contributed by atoms with Gasteiger partial charge in [-0.1, -0.05) is 24.3 Å². The summed E-state index contributed by atoms with van der Waals surface area (Å²) >= 11 is 0.822. The molecule has 1 heterocycles. The zero-order valence-electron chi connectivity index (χ0n) is 15.8. The van der Waals surface area contributed by atoms with Crippen LogP contribution in [0.25, 0.3) is 6.08 Å². The maximum Gasteiger partial charge on any atom is 0.294 e. The van der Waals surface area contributed by atoms with E-state index in [9.17, 15) is 14.4 Å². The van der Waals surface area contributed by atoms with Crippen molar-refractivity contribution in [1.82, 2.24) is 4.90 Å². The molecule has 1 aliphatic rings. The normalized spacial score (nSPS) is 15.2. The van der Waals surface area contributed by atoms with Crippen LogP contribution in [0.1, 0.15) is 16.7 Å². The molecule has 0 spiro atoms. The van der Waals surface area contributed by atoms with E-state index in [0.717, 1.165) is 33.4 Å². The van der Waals surface area contributed by atoms with Crippen LogP contribution < -0.4 is 10.1 Å². The van der Waals surface area contributed by atoms with Crippen LogP contribution in [0.2, 0.25) is 0 Å².